The number of anilines is 1. The van der Waals surface area contributed by atoms with Crippen LogP contribution in [0.5, 0.6) is 0 Å². The number of nitrogens with zero attached hydrogens (tertiary/aromatic N) is 3. The molecule has 0 bridgehead atoms. The molecule has 0 radical (unpaired) electrons. The maximum Gasteiger partial charge on any atom is 0.239 e. The molecule has 6 heteroatoms. The largest absolute Gasteiger partial charge is 0.435 e. The Balaban J connectivity index is 1.67. The van der Waals surface area contributed by atoms with Crippen LogP contribution in [0.15, 0.2) is 34.9 Å². The first kappa shape index (κ1) is 15.4. The van der Waals surface area contributed by atoms with Crippen molar-refractivity contribution in [2.45, 2.75) is 25.7 Å². The van der Waals surface area contributed by atoms with Crippen LogP contribution in [0, 0.1) is 22.7 Å². The van der Waals surface area contributed by atoms with Crippen molar-refractivity contribution in [1.82, 2.24) is 4.98 Å². The molecule has 1 aliphatic carbocycles. The zero-order valence-electron chi connectivity index (χ0n) is 13.4. The third kappa shape index (κ3) is 2.77. The number of hydrogen-bond acceptors (Lipinski definition) is 6. The summed E-state index contributed by atoms with van der Waals surface area (Å²) in [4.78, 5) is 5.62. The van der Waals surface area contributed by atoms with E-state index in [0.29, 0.717) is 22.2 Å². The van der Waals surface area contributed by atoms with Gasteiger partial charge in [0.1, 0.15) is 28.2 Å². The van der Waals surface area contributed by atoms with Crippen molar-refractivity contribution in [2.24, 2.45) is 0 Å². The van der Waals surface area contributed by atoms with Gasteiger partial charge in [0.05, 0.1) is 5.56 Å². The number of allylic oxidation sites excluding steroid dienone is 1. The Morgan fingerprint density at radius 1 is 1.24 bits per heavy atom. The first-order valence-corrected chi connectivity index (χ1v) is 8.89. The predicted octanol–water partition coefficient (Wildman–Crippen LogP) is 4.62. The molecule has 0 saturated heterocycles. The van der Waals surface area contributed by atoms with Gasteiger partial charge in [-0.05, 0) is 43.4 Å². The van der Waals surface area contributed by atoms with Crippen molar-refractivity contribution in [3.05, 3.63) is 52.4 Å². The predicted molar refractivity (Wildman–Crippen MR) is 96.9 cm³/mol. The lowest BCUT2D eigenvalue weighted by atomic mass is 9.96. The van der Waals surface area contributed by atoms with Crippen molar-refractivity contribution in [1.29, 1.82) is 10.5 Å². The number of aryl methyl sites for hydroxylation is 1. The van der Waals surface area contributed by atoms with Crippen LogP contribution in [-0.2, 0) is 12.8 Å². The van der Waals surface area contributed by atoms with Gasteiger partial charge in [0.2, 0.25) is 5.89 Å². The molecule has 2 heterocycles. The Bertz CT molecular complexity index is 1030. The summed E-state index contributed by atoms with van der Waals surface area (Å²) in [6.07, 6.45) is 5.84. The van der Waals surface area contributed by atoms with Gasteiger partial charge in [-0.2, -0.15) is 10.5 Å². The molecule has 0 fully saturated rings. The molecule has 25 heavy (non-hydrogen) atoms. The molecule has 2 aromatic heterocycles. The summed E-state index contributed by atoms with van der Waals surface area (Å²) in [7, 11) is 0. The topological polar surface area (TPSA) is 85.6 Å². The van der Waals surface area contributed by atoms with Crippen molar-refractivity contribution in [3.8, 4) is 12.1 Å². The van der Waals surface area contributed by atoms with Gasteiger partial charge in [-0.15, -0.1) is 11.3 Å². The molecule has 0 amide bonds. The van der Waals surface area contributed by atoms with Crippen molar-refractivity contribution in [3.63, 3.8) is 0 Å². The number of benzene rings is 1. The summed E-state index contributed by atoms with van der Waals surface area (Å²) in [6, 6.07) is 11.8. The minimum absolute atomic E-state index is 0.274. The second kappa shape index (κ2) is 6.43. The van der Waals surface area contributed by atoms with E-state index in [2.05, 4.69) is 22.4 Å². The highest BCUT2D eigenvalue weighted by Gasteiger charge is 2.20. The van der Waals surface area contributed by atoms with Crippen molar-refractivity contribution < 1.29 is 4.42 Å². The van der Waals surface area contributed by atoms with Gasteiger partial charge in [0, 0.05) is 11.1 Å². The quantitative estimate of drug-likeness (QED) is 0.700. The molecule has 0 saturated carbocycles. The van der Waals surface area contributed by atoms with E-state index in [9.17, 15) is 10.5 Å². The van der Waals surface area contributed by atoms with E-state index in [4.69, 9.17) is 4.42 Å². The molecule has 1 aliphatic rings. The van der Waals surface area contributed by atoms with Gasteiger partial charge in [-0.25, -0.2) is 4.98 Å². The van der Waals surface area contributed by atoms with Crippen LogP contribution < -0.4 is 5.32 Å². The van der Waals surface area contributed by atoms with Gasteiger partial charge >= 0.3 is 0 Å². The lowest BCUT2D eigenvalue weighted by molar-refractivity contribution is 0.586. The van der Waals surface area contributed by atoms with E-state index >= 15 is 0 Å². The lowest BCUT2D eigenvalue weighted by Crippen LogP contribution is -1.99. The highest BCUT2D eigenvalue weighted by atomic mass is 32.1. The number of nitrogens with one attached hydrogen (secondary N) is 1. The number of nitriles is 2. The average molecular weight is 346 g/mol. The normalized spacial score (nSPS) is 13.9. The second-order valence-corrected chi connectivity index (χ2v) is 6.93. The molecule has 1 aromatic carbocycles. The molecular weight excluding hydrogens is 332 g/mol. The zero-order chi connectivity index (χ0) is 17.2. The Morgan fingerprint density at radius 2 is 2.08 bits per heavy atom. The van der Waals surface area contributed by atoms with Crippen LogP contribution in [0.4, 0.5) is 5.00 Å². The maximum absolute atomic E-state index is 9.50. The molecule has 1 N–H and O–H groups in total. The van der Waals surface area contributed by atoms with Gasteiger partial charge < -0.3 is 9.73 Å². The zero-order valence-corrected chi connectivity index (χ0v) is 14.2. The van der Waals surface area contributed by atoms with Crippen LogP contribution in [0.25, 0.3) is 16.7 Å². The smallest absolute Gasteiger partial charge is 0.239 e. The molecule has 4 rings (SSSR count). The Labute approximate surface area is 148 Å². The fourth-order valence-electron chi connectivity index (χ4n) is 3.05. The summed E-state index contributed by atoms with van der Waals surface area (Å²) >= 11 is 1.60. The van der Waals surface area contributed by atoms with E-state index in [1.54, 1.807) is 17.5 Å². The molecule has 0 atom stereocenters. The van der Waals surface area contributed by atoms with Crippen molar-refractivity contribution in [2.75, 3.05) is 5.32 Å². The molecule has 0 spiro atoms. The van der Waals surface area contributed by atoms with E-state index in [0.717, 1.165) is 29.8 Å². The van der Waals surface area contributed by atoms with E-state index in [1.165, 1.54) is 11.3 Å². The number of para-hydroxylation sites is 2. The minimum Gasteiger partial charge on any atom is -0.435 e. The summed E-state index contributed by atoms with van der Waals surface area (Å²) in [6.45, 7) is 0. The summed E-state index contributed by atoms with van der Waals surface area (Å²) in [5.41, 5.74) is 3.51. The molecule has 3 aromatic rings. The highest BCUT2D eigenvalue weighted by Crippen LogP contribution is 2.37. The van der Waals surface area contributed by atoms with Crippen LogP contribution >= 0.6 is 11.3 Å². The summed E-state index contributed by atoms with van der Waals surface area (Å²) in [5, 5.41) is 22.9. The Morgan fingerprint density at radius 3 is 2.88 bits per heavy atom. The number of thiophene rings is 1. The summed E-state index contributed by atoms with van der Waals surface area (Å²) in [5.74, 6) is 0.274. The second-order valence-electron chi connectivity index (χ2n) is 5.83. The van der Waals surface area contributed by atoms with Crippen LogP contribution in [0.1, 0.15) is 34.7 Å². The third-order valence-electron chi connectivity index (χ3n) is 4.28. The van der Waals surface area contributed by atoms with E-state index in [1.807, 2.05) is 24.3 Å². The highest BCUT2D eigenvalue weighted by molar-refractivity contribution is 7.16. The number of aromatic nitrogens is 1. The number of oxazole rings is 1. The van der Waals surface area contributed by atoms with Crippen LogP contribution in [0.2, 0.25) is 0 Å². The first-order chi connectivity index (χ1) is 12.3. The van der Waals surface area contributed by atoms with Crippen molar-refractivity contribution >= 4 is 33.0 Å². The van der Waals surface area contributed by atoms with Crippen LogP contribution in [0.3, 0.4) is 0 Å². The standard InChI is InChI=1S/C19H14N4OS/c20-9-12(18-23-15-6-2-3-7-16(15)24-18)11-22-19-14(10-21)13-5-1-4-8-17(13)25-19/h2-3,6-7,11,22H,1,4-5,8H2/b12-11+. The van der Waals surface area contributed by atoms with Crippen LogP contribution in [-0.4, -0.2) is 4.98 Å². The van der Waals surface area contributed by atoms with E-state index < -0.39 is 0 Å². The van der Waals surface area contributed by atoms with Gasteiger partial charge in [-0.3, -0.25) is 0 Å². The molecule has 122 valence electrons. The Hall–Kier alpha value is -3.09. The fraction of sp³-hybridized carbons (Fsp3) is 0.211. The maximum atomic E-state index is 9.50. The van der Waals surface area contributed by atoms with E-state index in [-0.39, 0.29) is 5.89 Å². The lowest BCUT2D eigenvalue weighted by Gasteiger charge is -2.09. The number of rotatable bonds is 3. The van der Waals surface area contributed by atoms with Gasteiger partial charge in [0.25, 0.3) is 0 Å². The molecule has 5 nitrogen and oxygen atoms in total. The third-order valence-corrected chi connectivity index (χ3v) is 5.50. The molecule has 0 aliphatic heterocycles. The molecular formula is C19H14N4OS. The number of fused-ring (bicyclic) bond motifs is 2. The van der Waals surface area contributed by atoms with Gasteiger partial charge in [0.15, 0.2) is 5.58 Å². The molecule has 0 unspecified atom stereocenters. The summed E-state index contributed by atoms with van der Waals surface area (Å²) < 4.78 is 5.64. The SMILES string of the molecule is N#C/C(=C\Nc1sc2c(c1C#N)CCCC2)c1nc2ccccc2o1. The Kier molecular flexibility index (Phi) is 3.97. The first-order valence-electron chi connectivity index (χ1n) is 8.07. The number of hydrogen-bond donors (Lipinski definition) is 1. The fourth-order valence-corrected chi connectivity index (χ4v) is 4.26. The average Bonchev–Trinajstić information content (AvgIpc) is 3.23. The van der Waals surface area contributed by atoms with Gasteiger partial charge in [-0.1, -0.05) is 12.1 Å². The monoisotopic (exact) mass is 346 g/mol. The minimum atomic E-state index is 0.274.